The normalized spacial score (nSPS) is 12.5. The van der Waals surface area contributed by atoms with E-state index in [9.17, 15) is 10.2 Å². The Bertz CT molecular complexity index is 389. The molecule has 1 rings (SSSR count). The van der Waals surface area contributed by atoms with Gasteiger partial charge in [0.2, 0.25) is 5.79 Å². The minimum atomic E-state index is -3.51. The maximum Gasteiger partial charge on any atom is 0.332 e. The average Bonchev–Trinajstić information content (AvgIpc) is 2.28. The highest BCUT2D eigenvalue weighted by molar-refractivity contribution is 5.47. The Balaban J connectivity index is 2.48. The monoisotopic (exact) mass is 254 g/mol. The molecule has 0 amide bonds. The maximum atomic E-state index is 9.20. The Morgan fingerprint density at radius 3 is 2.00 bits per heavy atom. The van der Waals surface area contributed by atoms with E-state index < -0.39 is 11.8 Å². The van der Waals surface area contributed by atoms with E-state index in [0.717, 1.165) is 11.1 Å². The molecule has 0 fully saturated rings. The number of aryl methyl sites for hydroxylation is 1. The minimum absolute atomic E-state index is 0.282. The highest BCUT2D eigenvalue weighted by Gasteiger charge is 2.45. The van der Waals surface area contributed by atoms with Crippen molar-refractivity contribution in [2.45, 2.75) is 31.0 Å². The zero-order valence-corrected chi connectivity index (χ0v) is 9.95. The van der Waals surface area contributed by atoms with Gasteiger partial charge in [-0.05, 0) is 24.0 Å². The summed E-state index contributed by atoms with van der Waals surface area (Å²) in [5.74, 6) is -6.45. The second-order valence-corrected chi connectivity index (χ2v) is 4.25. The molecule has 0 atom stereocenters. The molecule has 1 aromatic rings. The molecule has 0 aromatic heterocycles. The smallest absolute Gasteiger partial charge is 0.332 e. The molecule has 18 heavy (non-hydrogen) atoms. The lowest BCUT2D eigenvalue weighted by molar-refractivity contribution is -0.447. The van der Waals surface area contributed by atoms with Gasteiger partial charge in [0.25, 0.3) is 0 Å². The molecule has 0 bridgehead atoms. The van der Waals surface area contributed by atoms with Gasteiger partial charge in [-0.15, -0.1) is 0 Å². The lowest BCUT2D eigenvalue weighted by atomic mass is 10.0. The summed E-state index contributed by atoms with van der Waals surface area (Å²) in [5.41, 5.74) is 1.95. The zero-order valence-electron chi connectivity index (χ0n) is 9.95. The first-order valence-corrected chi connectivity index (χ1v) is 5.59. The fourth-order valence-electron chi connectivity index (χ4n) is 1.53. The number of rotatable bonds is 6. The summed E-state index contributed by atoms with van der Waals surface area (Å²) in [5, 5.41) is 44.5. The first-order valence-electron chi connectivity index (χ1n) is 5.59. The van der Waals surface area contributed by atoms with Gasteiger partial charge in [0.1, 0.15) is 0 Å². The van der Waals surface area contributed by atoms with Gasteiger partial charge in [0.05, 0.1) is 0 Å². The van der Waals surface area contributed by atoms with E-state index in [-0.39, 0.29) is 12.8 Å². The molecule has 0 aliphatic heterocycles. The lowest BCUT2D eigenvalue weighted by Crippen LogP contribution is -2.54. The van der Waals surface area contributed by atoms with Crippen LogP contribution in [-0.4, -0.2) is 37.3 Å². The highest BCUT2D eigenvalue weighted by atomic mass is 16.7. The number of benzene rings is 1. The van der Waals surface area contributed by atoms with Crippen molar-refractivity contribution in [1.82, 2.24) is 0 Å². The van der Waals surface area contributed by atoms with Crippen LogP contribution in [0.25, 0.3) is 6.08 Å². The molecule has 0 aliphatic carbocycles. The van der Waals surface area contributed by atoms with Gasteiger partial charge in [0, 0.05) is 6.42 Å². The molecular formula is C13H18O5. The largest absolute Gasteiger partial charge is 0.359 e. The van der Waals surface area contributed by atoms with Crippen LogP contribution in [0, 0.1) is 0 Å². The molecule has 5 N–H and O–H groups in total. The third-order valence-corrected chi connectivity index (χ3v) is 2.74. The Morgan fingerprint density at radius 2 is 1.56 bits per heavy atom. The van der Waals surface area contributed by atoms with Crippen LogP contribution in [0.15, 0.2) is 30.8 Å². The summed E-state index contributed by atoms with van der Waals surface area (Å²) in [6.45, 7) is 3.63. The third kappa shape index (κ3) is 3.90. The predicted octanol–water partition coefficient (Wildman–Crippen LogP) is -0.0361. The first-order chi connectivity index (χ1) is 8.26. The minimum Gasteiger partial charge on any atom is -0.359 e. The second-order valence-electron chi connectivity index (χ2n) is 4.25. The summed E-state index contributed by atoms with van der Waals surface area (Å²) in [6, 6.07) is 7.50. The summed E-state index contributed by atoms with van der Waals surface area (Å²) >= 11 is 0. The van der Waals surface area contributed by atoms with Crippen LogP contribution in [0.2, 0.25) is 0 Å². The standard InChI is InChI=1S/C13H18O5/c1-2-10-5-7-11(8-6-10)4-3-9-12(14,15)13(16,17)18/h2,5-8,14-18H,1,3-4,9H2. The molecule has 5 nitrogen and oxygen atoms in total. The Morgan fingerprint density at radius 1 is 1.00 bits per heavy atom. The molecule has 0 spiro atoms. The molecule has 0 saturated carbocycles. The van der Waals surface area contributed by atoms with Gasteiger partial charge in [-0.3, -0.25) is 0 Å². The van der Waals surface area contributed by atoms with Crippen LogP contribution in [0.3, 0.4) is 0 Å². The van der Waals surface area contributed by atoms with Gasteiger partial charge in [-0.2, -0.15) is 0 Å². The van der Waals surface area contributed by atoms with Gasteiger partial charge in [0.15, 0.2) is 0 Å². The molecule has 100 valence electrons. The fraction of sp³-hybridized carbons (Fsp3) is 0.385. The maximum absolute atomic E-state index is 9.20. The van der Waals surface area contributed by atoms with Crippen molar-refractivity contribution in [3.05, 3.63) is 42.0 Å². The molecule has 0 unspecified atom stereocenters. The topological polar surface area (TPSA) is 101 Å². The summed E-state index contributed by atoms with van der Waals surface area (Å²) in [4.78, 5) is 0. The van der Waals surface area contributed by atoms with Crippen LogP contribution in [0.5, 0.6) is 0 Å². The second kappa shape index (κ2) is 5.60. The molecule has 0 heterocycles. The van der Waals surface area contributed by atoms with E-state index >= 15 is 0 Å². The zero-order chi connectivity index (χ0) is 13.8. The Labute approximate surface area is 105 Å². The number of aliphatic hydroxyl groups is 5. The number of hydrogen-bond donors (Lipinski definition) is 5. The van der Waals surface area contributed by atoms with Crippen molar-refractivity contribution in [3.63, 3.8) is 0 Å². The average molecular weight is 254 g/mol. The summed E-state index contributed by atoms with van der Waals surface area (Å²) in [7, 11) is 0. The molecular weight excluding hydrogens is 236 g/mol. The molecule has 5 heteroatoms. The van der Waals surface area contributed by atoms with E-state index in [4.69, 9.17) is 15.3 Å². The van der Waals surface area contributed by atoms with Crippen LogP contribution < -0.4 is 0 Å². The van der Waals surface area contributed by atoms with E-state index in [1.54, 1.807) is 6.08 Å². The van der Waals surface area contributed by atoms with Crippen LogP contribution in [0.4, 0.5) is 0 Å². The summed E-state index contributed by atoms with van der Waals surface area (Å²) in [6.07, 6.45) is 2.16. The molecule has 0 saturated heterocycles. The van der Waals surface area contributed by atoms with Crippen molar-refractivity contribution in [2.24, 2.45) is 0 Å². The highest BCUT2D eigenvalue weighted by Crippen LogP contribution is 2.21. The van der Waals surface area contributed by atoms with Gasteiger partial charge in [-0.1, -0.05) is 36.9 Å². The molecule has 1 aromatic carbocycles. The van der Waals surface area contributed by atoms with E-state index in [1.165, 1.54) is 0 Å². The van der Waals surface area contributed by atoms with Crippen LogP contribution >= 0.6 is 0 Å². The third-order valence-electron chi connectivity index (χ3n) is 2.74. The van der Waals surface area contributed by atoms with Crippen LogP contribution in [0.1, 0.15) is 24.0 Å². The molecule has 0 radical (unpaired) electrons. The predicted molar refractivity (Wildman–Crippen MR) is 66.0 cm³/mol. The van der Waals surface area contributed by atoms with Crippen molar-refractivity contribution < 1.29 is 25.5 Å². The van der Waals surface area contributed by atoms with Crippen molar-refractivity contribution >= 4 is 6.08 Å². The van der Waals surface area contributed by atoms with Gasteiger partial charge in [-0.25, -0.2) is 0 Å². The van der Waals surface area contributed by atoms with E-state index in [0.29, 0.717) is 6.42 Å². The van der Waals surface area contributed by atoms with Gasteiger partial charge < -0.3 is 25.5 Å². The van der Waals surface area contributed by atoms with Crippen LogP contribution in [-0.2, 0) is 6.42 Å². The van der Waals surface area contributed by atoms with Crippen molar-refractivity contribution in [3.8, 4) is 0 Å². The van der Waals surface area contributed by atoms with E-state index in [2.05, 4.69) is 6.58 Å². The lowest BCUT2D eigenvalue weighted by Gasteiger charge is -2.29. The van der Waals surface area contributed by atoms with Crippen molar-refractivity contribution in [2.75, 3.05) is 0 Å². The van der Waals surface area contributed by atoms with Crippen molar-refractivity contribution in [1.29, 1.82) is 0 Å². The number of hydrogen-bond acceptors (Lipinski definition) is 5. The quantitative estimate of drug-likeness (QED) is 0.459. The SMILES string of the molecule is C=Cc1ccc(CCCC(O)(O)C(O)(O)O)cc1. The molecule has 0 aliphatic rings. The van der Waals surface area contributed by atoms with Gasteiger partial charge >= 0.3 is 5.97 Å². The first kappa shape index (κ1) is 14.8. The van der Waals surface area contributed by atoms with E-state index in [1.807, 2.05) is 24.3 Å². The summed E-state index contributed by atoms with van der Waals surface area (Å²) < 4.78 is 0. The Hall–Kier alpha value is -1.24. The fourth-order valence-corrected chi connectivity index (χ4v) is 1.53. The Kier molecular flexibility index (Phi) is 4.61.